The summed E-state index contributed by atoms with van der Waals surface area (Å²) in [6, 6.07) is 8.54. The molecule has 1 nitrogen and oxygen atoms in total. The summed E-state index contributed by atoms with van der Waals surface area (Å²) in [6.45, 7) is 4.29. The molecule has 1 aromatic heterocycles. The van der Waals surface area contributed by atoms with E-state index in [2.05, 4.69) is 97.3 Å². The van der Waals surface area contributed by atoms with Gasteiger partial charge in [-0.1, -0.05) is 30.4 Å². The topological polar surface area (TPSA) is 3.24 Å². The second kappa shape index (κ2) is 7.10. The quantitative estimate of drug-likeness (QED) is 0.610. The summed E-state index contributed by atoms with van der Waals surface area (Å²) in [6.07, 6.45) is 8.49. The molecule has 0 fully saturated rings. The molecule has 0 bridgehead atoms. The van der Waals surface area contributed by atoms with Crippen LogP contribution in [0.25, 0.3) is 12.2 Å². The van der Waals surface area contributed by atoms with Crippen molar-refractivity contribution in [3.05, 3.63) is 61.8 Å². The molecule has 0 amide bonds. The van der Waals surface area contributed by atoms with Crippen molar-refractivity contribution in [1.29, 1.82) is 0 Å². The van der Waals surface area contributed by atoms with E-state index in [1.165, 1.54) is 31.0 Å². The molecule has 0 aliphatic heterocycles. The zero-order valence-electron chi connectivity index (χ0n) is 12.9. The summed E-state index contributed by atoms with van der Waals surface area (Å²) in [7, 11) is 4.11. The van der Waals surface area contributed by atoms with Crippen LogP contribution in [0.1, 0.15) is 20.9 Å². The Hall–Kier alpha value is -1.32. The molecule has 2 aromatic rings. The standard InChI is InChI=1S/C18H20BrNS/c1-13-17(21-14(2)18(13)19)8-6-5-7-15-9-11-16(12-10-15)20(3)4/h5-12H,1-4H3. The van der Waals surface area contributed by atoms with Gasteiger partial charge in [0.25, 0.3) is 0 Å². The van der Waals surface area contributed by atoms with Crippen molar-refractivity contribution < 1.29 is 0 Å². The number of rotatable bonds is 4. The van der Waals surface area contributed by atoms with E-state index in [1.54, 1.807) is 0 Å². The van der Waals surface area contributed by atoms with E-state index in [-0.39, 0.29) is 0 Å². The molecule has 3 heteroatoms. The second-order valence-corrected chi connectivity index (χ2v) is 7.21. The van der Waals surface area contributed by atoms with E-state index in [1.807, 2.05) is 11.3 Å². The monoisotopic (exact) mass is 361 g/mol. The summed E-state index contributed by atoms with van der Waals surface area (Å²) in [5.41, 5.74) is 3.75. The third kappa shape index (κ3) is 4.08. The maximum absolute atomic E-state index is 3.62. The lowest BCUT2D eigenvalue weighted by Gasteiger charge is -2.11. The maximum atomic E-state index is 3.62. The lowest BCUT2D eigenvalue weighted by atomic mass is 10.2. The largest absolute Gasteiger partial charge is 0.378 e. The zero-order valence-corrected chi connectivity index (χ0v) is 15.3. The third-order valence-corrected chi connectivity index (χ3v) is 5.95. The molecular weight excluding hydrogens is 342 g/mol. The van der Waals surface area contributed by atoms with Gasteiger partial charge >= 0.3 is 0 Å². The fourth-order valence-corrected chi connectivity index (χ4v) is 3.57. The first-order chi connectivity index (χ1) is 9.99. The minimum absolute atomic E-state index is 1.21. The van der Waals surface area contributed by atoms with E-state index < -0.39 is 0 Å². The van der Waals surface area contributed by atoms with Crippen LogP contribution in [0.2, 0.25) is 0 Å². The smallest absolute Gasteiger partial charge is 0.0361 e. The number of anilines is 1. The van der Waals surface area contributed by atoms with Gasteiger partial charge in [0.15, 0.2) is 0 Å². The van der Waals surface area contributed by atoms with Gasteiger partial charge in [-0.15, -0.1) is 11.3 Å². The third-order valence-electron chi connectivity index (χ3n) is 3.33. The molecule has 0 unspecified atom stereocenters. The van der Waals surface area contributed by atoms with Gasteiger partial charge in [0.05, 0.1) is 0 Å². The van der Waals surface area contributed by atoms with E-state index in [9.17, 15) is 0 Å². The highest BCUT2D eigenvalue weighted by molar-refractivity contribution is 9.10. The first kappa shape index (κ1) is 16.1. The summed E-state index contributed by atoms with van der Waals surface area (Å²) in [4.78, 5) is 4.75. The lowest BCUT2D eigenvalue weighted by Crippen LogP contribution is -2.07. The van der Waals surface area contributed by atoms with Gasteiger partial charge < -0.3 is 4.90 Å². The van der Waals surface area contributed by atoms with Gasteiger partial charge in [0.1, 0.15) is 0 Å². The Kier molecular flexibility index (Phi) is 5.43. The van der Waals surface area contributed by atoms with Crippen LogP contribution in [0.15, 0.2) is 40.9 Å². The molecule has 0 saturated heterocycles. The van der Waals surface area contributed by atoms with Gasteiger partial charge in [-0.05, 0) is 59.1 Å². The van der Waals surface area contributed by atoms with Crippen molar-refractivity contribution in [2.45, 2.75) is 13.8 Å². The van der Waals surface area contributed by atoms with E-state index >= 15 is 0 Å². The number of benzene rings is 1. The average Bonchev–Trinajstić information content (AvgIpc) is 2.71. The second-order valence-electron chi connectivity index (χ2n) is 5.17. The normalized spacial score (nSPS) is 11.7. The van der Waals surface area contributed by atoms with Gasteiger partial charge in [-0.25, -0.2) is 0 Å². The van der Waals surface area contributed by atoms with Crippen LogP contribution in [0.3, 0.4) is 0 Å². The van der Waals surface area contributed by atoms with E-state index in [4.69, 9.17) is 0 Å². The van der Waals surface area contributed by atoms with Crippen molar-refractivity contribution in [3.63, 3.8) is 0 Å². The maximum Gasteiger partial charge on any atom is 0.0361 e. The highest BCUT2D eigenvalue weighted by Gasteiger charge is 2.06. The van der Waals surface area contributed by atoms with Crippen LogP contribution in [-0.2, 0) is 0 Å². The Morgan fingerprint density at radius 2 is 1.62 bits per heavy atom. The number of thiophene rings is 1. The minimum Gasteiger partial charge on any atom is -0.378 e. The highest BCUT2D eigenvalue weighted by atomic mass is 79.9. The molecule has 0 aliphatic carbocycles. The number of aryl methyl sites for hydroxylation is 1. The minimum atomic E-state index is 1.21. The molecule has 1 heterocycles. The van der Waals surface area contributed by atoms with Gasteiger partial charge in [0.2, 0.25) is 0 Å². The zero-order chi connectivity index (χ0) is 15.4. The van der Waals surface area contributed by atoms with Crippen LogP contribution in [0.5, 0.6) is 0 Å². The molecule has 0 radical (unpaired) electrons. The van der Waals surface area contributed by atoms with Crippen LogP contribution in [0, 0.1) is 13.8 Å². The van der Waals surface area contributed by atoms with Crippen molar-refractivity contribution in [2.75, 3.05) is 19.0 Å². The summed E-state index contributed by atoms with van der Waals surface area (Å²) in [5.74, 6) is 0. The molecule has 0 aliphatic rings. The summed E-state index contributed by atoms with van der Waals surface area (Å²) in [5, 5.41) is 0. The first-order valence-electron chi connectivity index (χ1n) is 6.86. The summed E-state index contributed by atoms with van der Waals surface area (Å²) < 4.78 is 1.23. The number of halogens is 1. The Balaban J connectivity index is 2.04. The summed E-state index contributed by atoms with van der Waals surface area (Å²) >= 11 is 5.44. The number of hydrogen-bond acceptors (Lipinski definition) is 2. The molecule has 0 atom stereocenters. The molecule has 0 spiro atoms. The molecule has 110 valence electrons. The predicted octanol–water partition coefficient (Wildman–Crippen LogP) is 5.92. The SMILES string of the molecule is Cc1sc(C=CC=Cc2ccc(N(C)C)cc2)c(C)c1Br. The average molecular weight is 362 g/mol. The Morgan fingerprint density at radius 1 is 1.00 bits per heavy atom. The van der Waals surface area contributed by atoms with Crippen LogP contribution < -0.4 is 4.90 Å². The number of nitrogens with zero attached hydrogens (tertiary/aromatic N) is 1. The fraction of sp³-hybridized carbons (Fsp3) is 0.222. The van der Waals surface area contributed by atoms with Crippen LogP contribution in [0.4, 0.5) is 5.69 Å². The Morgan fingerprint density at radius 3 is 2.14 bits per heavy atom. The van der Waals surface area contributed by atoms with Gasteiger partial charge in [-0.3, -0.25) is 0 Å². The number of allylic oxidation sites excluding steroid dienone is 2. The van der Waals surface area contributed by atoms with Gasteiger partial charge in [-0.2, -0.15) is 0 Å². The number of hydrogen-bond donors (Lipinski definition) is 0. The first-order valence-corrected chi connectivity index (χ1v) is 8.47. The van der Waals surface area contributed by atoms with Crippen LogP contribution in [-0.4, -0.2) is 14.1 Å². The van der Waals surface area contributed by atoms with Gasteiger partial charge in [0, 0.05) is 34.0 Å². The Labute approximate surface area is 139 Å². The van der Waals surface area contributed by atoms with Crippen molar-refractivity contribution in [2.24, 2.45) is 0 Å². The molecule has 0 N–H and O–H groups in total. The fourth-order valence-electron chi connectivity index (χ4n) is 2.01. The lowest BCUT2D eigenvalue weighted by molar-refractivity contribution is 1.13. The molecule has 1 aromatic carbocycles. The highest BCUT2D eigenvalue weighted by Crippen LogP contribution is 2.32. The molecule has 0 saturated carbocycles. The predicted molar refractivity (Wildman–Crippen MR) is 100 cm³/mol. The molecule has 21 heavy (non-hydrogen) atoms. The van der Waals surface area contributed by atoms with E-state index in [0.717, 1.165) is 0 Å². The van der Waals surface area contributed by atoms with Crippen molar-refractivity contribution >= 4 is 45.1 Å². The molecule has 2 rings (SSSR count). The van der Waals surface area contributed by atoms with Crippen LogP contribution >= 0.6 is 27.3 Å². The van der Waals surface area contributed by atoms with Crippen molar-refractivity contribution in [3.8, 4) is 0 Å². The van der Waals surface area contributed by atoms with Crippen molar-refractivity contribution in [1.82, 2.24) is 0 Å². The Bertz CT molecular complexity index is 663. The van der Waals surface area contributed by atoms with E-state index in [0.29, 0.717) is 0 Å². The molecular formula is C18H20BrNS.